The monoisotopic (exact) mass is 1570 g/mol. The minimum Gasteiger partial charge on any atom is -0.395 e. The molecule has 0 radical (unpaired) electrons. The number of aliphatic hydroxyl groups excluding tert-OH is 10. The van der Waals surface area contributed by atoms with Crippen molar-refractivity contribution in [2.75, 3.05) is 89.0 Å². The van der Waals surface area contributed by atoms with Gasteiger partial charge in [0, 0.05) is 20.2 Å². The molecule has 0 aliphatic heterocycles. The molecule has 2 aromatic rings. The van der Waals surface area contributed by atoms with E-state index in [9.17, 15) is 79.8 Å². The van der Waals surface area contributed by atoms with Gasteiger partial charge in [0.25, 0.3) is 23.6 Å². The summed E-state index contributed by atoms with van der Waals surface area (Å²) in [5, 5.41) is 108. The molecular formula is C35H44I6N6O16. The van der Waals surface area contributed by atoms with Crippen molar-refractivity contribution in [3.8, 4) is 0 Å². The van der Waals surface area contributed by atoms with Crippen LogP contribution in [-0.4, -0.2) is 190 Å². The zero-order valence-electron chi connectivity index (χ0n) is 32.6. The number of benzene rings is 2. The third-order valence-corrected chi connectivity index (χ3v) is 15.0. The fourth-order valence-electron chi connectivity index (χ4n) is 5.44. The molecule has 0 unspecified atom stereocenters. The maximum absolute atomic E-state index is 14.5. The SMILES string of the molecule is O=C(NC(CO)CO)c1c(I)c(C(=O)NC(CO)CO)c(I)c(N(CCO)C(=O)CC(=O)N(CCO)c2c(I)c(C(=O)NC(CO)CO)c(I)c(C(=O)NC(CO)CO)c2I)c1I. The topological polar surface area (TPSA) is 359 Å². The Bertz CT molecular complexity index is 1740. The molecule has 2 rings (SSSR count). The van der Waals surface area contributed by atoms with E-state index in [1.54, 1.807) is 136 Å². The molecule has 22 nitrogen and oxygen atoms in total. The van der Waals surface area contributed by atoms with E-state index >= 15 is 0 Å². The predicted molar refractivity (Wildman–Crippen MR) is 274 cm³/mol. The van der Waals surface area contributed by atoms with Crippen molar-refractivity contribution < 1.29 is 79.8 Å². The van der Waals surface area contributed by atoms with E-state index < -0.39 is 145 Å². The van der Waals surface area contributed by atoms with Crippen LogP contribution in [-0.2, 0) is 9.59 Å². The number of halogens is 6. The number of aliphatic hydroxyl groups is 10. The van der Waals surface area contributed by atoms with E-state index in [0.29, 0.717) is 0 Å². The molecule has 2 aromatic carbocycles. The molecule has 0 saturated carbocycles. The fraction of sp³-hybridized carbons (Fsp3) is 0.486. The van der Waals surface area contributed by atoms with E-state index in [1.165, 1.54) is 0 Å². The average Bonchev–Trinajstić information content (AvgIpc) is 3.24. The van der Waals surface area contributed by atoms with Crippen LogP contribution in [0.4, 0.5) is 11.4 Å². The summed E-state index contributed by atoms with van der Waals surface area (Å²) in [4.78, 5) is 85.8. The van der Waals surface area contributed by atoms with E-state index in [-0.39, 0.29) is 55.0 Å². The van der Waals surface area contributed by atoms with Gasteiger partial charge in [0.1, 0.15) is 6.42 Å². The number of nitrogens with zero attached hydrogens (tertiary/aromatic N) is 2. The predicted octanol–water partition coefficient (Wildman–Crippen LogP) is -2.61. The molecular weight excluding hydrogens is 1520 g/mol. The van der Waals surface area contributed by atoms with Crippen LogP contribution < -0.4 is 31.1 Å². The summed E-state index contributed by atoms with van der Waals surface area (Å²) >= 11 is 10.3. The average molecular weight is 1570 g/mol. The van der Waals surface area contributed by atoms with Crippen LogP contribution in [0.25, 0.3) is 0 Å². The molecule has 0 atom stereocenters. The molecule has 0 aliphatic carbocycles. The van der Waals surface area contributed by atoms with Crippen LogP contribution in [0.1, 0.15) is 47.9 Å². The Hall–Kier alpha value is -0.760. The third kappa shape index (κ3) is 14.6. The van der Waals surface area contributed by atoms with Crippen LogP contribution in [0.15, 0.2) is 0 Å². The minimum absolute atomic E-state index is 0.0159. The second-order valence-electron chi connectivity index (χ2n) is 12.9. The molecule has 28 heteroatoms. The number of anilines is 2. The van der Waals surface area contributed by atoms with Gasteiger partial charge in [-0.2, -0.15) is 0 Å². The Labute approximate surface area is 441 Å². The van der Waals surface area contributed by atoms with Gasteiger partial charge in [-0.25, -0.2) is 0 Å². The molecule has 6 amide bonds. The van der Waals surface area contributed by atoms with Gasteiger partial charge in [-0.3, -0.25) is 28.8 Å². The van der Waals surface area contributed by atoms with Crippen LogP contribution in [0, 0.1) is 21.4 Å². The Kier molecular flexibility index (Phi) is 26.4. The summed E-state index contributed by atoms with van der Waals surface area (Å²) in [7, 11) is 0. The zero-order valence-corrected chi connectivity index (χ0v) is 45.5. The number of nitrogens with one attached hydrogen (secondary N) is 4. The summed E-state index contributed by atoms with van der Waals surface area (Å²) in [6.07, 6.45) is -1.04. The molecule has 0 spiro atoms. The van der Waals surface area contributed by atoms with E-state index in [0.717, 1.165) is 9.80 Å². The second-order valence-corrected chi connectivity index (χ2v) is 19.4. The van der Waals surface area contributed by atoms with Crippen molar-refractivity contribution in [3.63, 3.8) is 0 Å². The standard InChI is InChI=1S/C35H44I6N6O16/c36-24-20(32(60)42-14(6-50)7-51)26(38)30(27(39)21(24)33(61)43-15(8-52)9-53)46(1-3-48)18(58)5-19(59)47(2-4-49)31-28(40)22(34(62)44-16(10-54)11-55)25(37)23(29(31)41)35(63)45-17(12-56)13-57/h14-17,48-57H,1-13H2,(H,42,60)(H,43,61)(H,44,62)(H,45,63). The summed E-state index contributed by atoms with van der Waals surface area (Å²) in [5.41, 5.74) is -1.14. The molecule has 0 saturated heterocycles. The molecule has 0 bridgehead atoms. The molecule has 0 aromatic heterocycles. The fourth-order valence-corrected chi connectivity index (χ4v) is 14.9. The quantitative estimate of drug-likeness (QED) is 0.0378. The van der Waals surface area contributed by atoms with Gasteiger partial charge in [-0.15, -0.1) is 0 Å². The first kappa shape index (κ1) is 58.4. The molecule has 14 N–H and O–H groups in total. The van der Waals surface area contributed by atoms with Crippen LogP contribution in [0.3, 0.4) is 0 Å². The molecule has 352 valence electrons. The van der Waals surface area contributed by atoms with Gasteiger partial charge >= 0.3 is 0 Å². The first-order valence-corrected chi connectivity index (χ1v) is 24.6. The van der Waals surface area contributed by atoms with Gasteiger partial charge in [0.05, 0.1) is 138 Å². The van der Waals surface area contributed by atoms with Crippen LogP contribution in [0.2, 0.25) is 0 Å². The normalized spacial score (nSPS) is 11.4. The highest BCUT2D eigenvalue weighted by atomic mass is 127. The van der Waals surface area contributed by atoms with Crippen molar-refractivity contribution in [3.05, 3.63) is 43.7 Å². The van der Waals surface area contributed by atoms with Gasteiger partial charge < -0.3 is 82.1 Å². The lowest BCUT2D eigenvalue weighted by Gasteiger charge is -2.30. The number of hydrogen-bond donors (Lipinski definition) is 14. The summed E-state index contributed by atoms with van der Waals surface area (Å²) in [5.74, 6) is -5.64. The van der Waals surface area contributed by atoms with E-state index in [2.05, 4.69) is 21.3 Å². The lowest BCUT2D eigenvalue weighted by molar-refractivity contribution is -0.126. The highest BCUT2D eigenvalue weighted by Gasteiger charge is 2.37. The molecule has 0 fully saturated rings. The van der Waals surface area contributed by atoms with Crippen molar-refractivity contribution in [1.29, 1.82) is 0 Å². The van der Waals surface area contributed by atoms with Crippen LogP contribution in [0.5, 0.6) is 0 Å². The zero-order chi connectivity index (χ0) is 47.9. The summed E-state index contributed by atoms with van der Waals surface area (Å²) in [6, 6.07) is -4.60. The number of amides is 6. The molecule has 0 aliphatic rings. The Balaban J connectivity index is 2.96. The van der Waals surface area contributed by atoms with Crippen molar-refractivity contribution in [2.45, 2.75) is 30.6 Å². The third-order valence-electron chi connectivity index (χ3n) is 8.69. The summed E-state index contributed by atoms with van der Waals surface area (Å²) < 4.78 is 0.119. The van der Waals surface area contributed by atoms with Gasteiger partial charge in [-0.1, -0.05) is 0 Å². The highest BCUT2D eigenvalue weighted by molar-refractivity contribution is 14.1. The first-order chi connectivity index (χ1) is 29.8. The van der Waals surface area contributed by atoms with E-state index in [1.807, 2.05) is 0 Å². The largest absolute Gasteiger partial charge is 0.395 e. The maximum atomic E-state index is 14.5. The highest BCUT2D eigenvalue weighted by Crippen LogP contribution is 2.40. The van der Waals surface area contributed by atoms with Crippen LogP contribution >= 0.6 is 136 Å². The van der Waals surface area contributed by atoms with Gasteiger partial charge in [0.15, 0.2) is 0 Å². The Morgan fingerprint density at radius 1 is 0.381 bits per heavy atom. The van der Waals surface area contributed by atoms with Crippen molar-refractivity contribution in [2.24, 2.45) is 0 Å². The van der Waals surface area contributed by atoms with Gasteiger partial charge in [-0.05, 0) is 136 Å². The van der Waals surface area contributed by atoms with Gasteiger partial charge in [0.2, 0.25) is 11.8 Å². The molecule has 63 heavy (non-hydrogen) atoms. The van der Waals surface area contributed by atoms with Crippen molar-refractivity contribution >= 4 is 182 Å². The second kappa shape index (κ2) is 28.5. The number of rotatable bonds is 24. The minimum atomic E-state index is -1.15. The Morgan fingerprint density at radius 2 is 0.587 bits per heavy atom. The summed E-state index contributed by atoms with van der Waals surface area (Å²) in [6.45, 7) is -7.88. The number of carbonyl (C=O) groups excluding carboxylic acids is 6. The Morgan fingerprint density at radius 3 is 0.762 bits per heavy atom. The number of carbonyl (C=O) groups is 6. The van der Waals surface area contributed by atoms with Crippen molar-refractivity contribution in [1.82, 2.24) is 21.3 Å². The lowest BCUT2D eigenvalue weighted by Crippen LogP contribution is -2.45. The molecule has 0 heterocycles. The maximum Gasteiger partial charge on any atom is 0.253 e. The van der Waals surface area contributed by atoms with E-state index in [4.69, 9.17) is 0 Å². The first-order valence-electron chi connectivity index (χ1n) is 18.2. The lowest BCUT2D eigenvalue weighted by atomic mass is 10.0. The number of hydrogen-bond acceptors (Lipinski definition) is 16. The smallest absolute Gasteiger partial charge is 0.253 e.